The van der Waals surface area contributed by atoms with Crippen molar-refractivity contribution in [2.75, 3.05) is 0 Å². The van der Waals surface area contributed by atoms with E-state index in [1.54, 1.807) is 19.1 Å². The third kappa shape index (κ3) is 5.09. The summed E-state index contributed by atoms with van der Waals surface area (Å²) in [6, 6.07) is 14.2. The van der Waals surface area contributed by atoms with E-state index in [9.17, 15) is 9.18 Å². The summed E-state index contributed by atoms with van der Waals surface area (Å²) in [6.07, 6.45) is -0.771. The molecule has 0 N–H and O–H groups in total. The zero-order valence-corrected chi connectivity index (χ0v) is 22.6. The normalized spacial score (nSPS) is 12.8. The lowest BCUT2D eigenvalue weighted by molar-refractivity contribution is -0.138. The maximum Gasteiger partial charge on any atom is 0.163 e. The van der Waals surface area contributed by atoms with Crippen molar-refractivity contribution in [2.24, 2.45) is 0 Å². The van der Waals surface area contributed by atoms with Crippen LogP contribution in [-0.4, -0.2) is 20.9 Å². The molecule has 1 unspecified atom stereocenters. The van der Waals surface area contributed by atoms with Crippen molar-refractivity contribution >= 4 is 28.4 Å². The van der Waals surface area contributed by atoms with Gasteiger partial charge in [0.25, 0.3) is 0 Å². The molecule has 0 aliphatic rings. The van der Waals surface area contributed by atoms with E-state index in [0.717, 1.165) is 50.2 Å². The highest BCUT2D eigenvalue weighted by atomic mass is 35.5. The lowest BCUT2D eigenvalue weighted by Gasteiger charge is -2.29. The van der Waals surface area contributed by atoms with E-state index >= 15 is 0 Å². The highest BCUT2D eigenvalue weighted by Crippen LogP contribution is 2.42. The average molecular weight is 507 g/mol. The molecule has 0 bridgehead atoms. The van der Waals surface area contributed by atoms with Gasteiger partial charge in [-0.3, -0.25) is 4.79 Å². The molecule has 0 spiro atoms. The first-order chi connectivity index (χ1) is 16.9. The fourth-order valence-corrected chi connectivity index (χ4v) is 4.82. The molecular formula is C30H32ClFN2O2. The first-order valence-electron chi connectivity index (χ1n) is 12.1. The van der Waals surface area contributed by atoms with E-state index in [0.29, 0.717) is 11.6 Å². The lowest BCUT2D eigenvalue weighted by Crippen LogP contribution is -2.27. The molecule has 0 aliphatic carbocycles. The SMILES string of the molecule is CC(=O)C(OC(C)(C)C)c1c(C)nc2c(c(C)c(C)n2Cc2ccc(F)cc2)c1-c1ccc(Cl)cc1. The zero-order valence-electron chi connectivity index (χ0n) is 21.9. The van der Waals surface area contributed by atoms with Crippen LogP contribution in [0.3, 0.4) is 0 Å². The van der Waals surface area contributed by atoms with Gasteiger partial charge in [-0.15, -0.1) is 0 Å². The Morgan fingerprint density at radius 2 is 1.67 bits per heavy atom. The van der Waals surface area contributed by atoms with E-state index in [1.807, 2.05) is 52.0 Å². The minimum atomic E-state index is -0.771. The molecule has 0 saturated heterocycles. The van der Waals surface area contributed by atoms with Crippen molar-refractivity contribution < 1.29 is 13.9 Å². The molecule has 0 saturated carbocycles. The van der Waals surface area contributed by atoms with Gasteiger partial charge in [0.15, 0.2) is 5.78 Å². The van der Waals surface area contributed by atoms with Crippen LogP contribution in [0.4, 0.5) is 4.39 Å². The summed E-state index contributed by atoms with van der Waals surface area (Å²) in [4.78, 5) is 18.0. The molecule has 0 fully saturated rings. The van der Waals surface area contributed by atoms with Crippen LogP contribution in [0, 0.1) is 26.6 Å². The molecular weight excluding hydrogens is 475 g/mol. The first-order valence-corrected chi connectivity index (χ1v) is 12.4. The van der Waals surface area contributed by atoms with Crippen molar-refractivity contribution in [1.82, 2.24) is 9.55 Å². The Hall–Kier alpha value is -3.02. The molecule has 4 nitrogen and oxygen atoms in total. The Balaban J connectivity index is 2.06. The van der Waals surface area contributed by atoms with Gasteiger partial charge in [0.1, 0.15) is 17.6 Å². The van der Waals surface area contributed by atoms with Gasteiger partial charge in [0, 0.05) is 39.5 Å². The largest absolute Gasteiger partial charge is 0.360 e. The molecule has 188 valence electrons. The van der Waals surface area contributed by atoms with E-state index in [4.69, 9.17) is 21.3 Å². The fraction of sp³-hybridized carbons (Fsp3) is 0.333. The van der Waals surface area contributed by atoms with Crippen molar-refractivity contribution in [3.8, 4) is 11.1 Å². The third-order valence-corrected chi connectivity index (χ3v) is 6.73. The highest BCUT2D eigenvalue weighted by Gasteiger charge is 2.32. The number of halogens is 2. The predicted octanol–water partition coefficient (Wildman–Crippen LogP) is 7.91. The number of carbonyl (C=O) groups excluding carboxylic acids is 1. The molecule has 4 rings (SSSR count). The van der Waals surface area contributed by atoms with E-state index in [2.05, 4.69) is 18.4 Å². The second kappa shape index (κ2) is 9.79. The number of Topliss-reactive ketones (excluding diaryl/α,β-unsaturated/α-hetero) is 1. The third-order valence-electron chi connectivity index (χ3n) is 6.47. The van der Waals surface area contributed by atoms with Crippen LogP contribution in [-0.2, 0) is 16.1 Å². The number of fused-ring (bicyclic) bond motifs is 1. The van der Waals surface area contributed by atoms with E-state index < -0.39 is 11.7 Å². The number of benzene rings is 2. The number of rotatable bonds is 6. The summed E-state index contributed by atoms with van der Waals surface area (Å²) in [7, 11) is 0. The molecule has 0 amide bonds. The van der Waals surface area contributed by atoms with E-state index in [-0.39, 0.29) is 11.6 Å². The Morgan fingerprint density at radius 1 is 1.06 bits per heavy atom. The van der Waals surface area contributed by atoms with Gasteiger partial charge < -0.3 is 9.30 Å². The summed E-state index contributed by atoms with van der Waals surface area (Å²) in [5, 5.41) is 1.61. The molecule has 0 aliphatic heterocycles. The fourth-order valence-electron chi connectivity index (χ4n) is 4.70. The van der Waals surface area contributed by atoms with Crippen molar-refractivity contribution in [3.05, 3.63) is 87.4 Å². The minimum Gasteiger partial charge on any atom is -0.360 e. The molecule has 2 aromatic carbocycles. The maximum atomic E-state index is 13.5. The molecule has 6 heteroatoms. The number of ketones is 1. The van der Waals surface area contributed by atoms with E-state index in [1.165, 1.54) is 12.1 Å². The minimum absolute atomic E-state index is 0.0792. The van der Waals surface area contributed by atoms with Crippen molar-refractivity contribution in [2.45, 2.75) is 66.7 Å². The zero-order chi connectivity index (χ0) is 26.4. The number of ether oxygens (including phenoxy) is 1. The number of carbonyl (C=O) groups is 1. The van der Waals surface area contributed by atoms with Crippen LogP contribution in [0.1, 0.15) is 61.9 Å². The van der Waals surface area contributed by atoms with Crippen molar-refractivity contribution in [1.29, 1.82) is 0 Å². The second-order valence-electron chi connectivity index (χ2n) is 10.3. The molecule has 1 atom stereocenters. The topological polar surface area (TPSA) is 44.1 Å². The van der Waals surface area contributed by atoms with Crippen LogP contribution in [0.5, 0.6) is 0 Å². The van der Waals surface area contributed by atoms with Crippen LogP contribution in [0.2, 0.25) is 5.02 Å². The number of aromatic nitrogens is 2. The summed E-state index contributed by atoms with van der Waals surface area (Å²) >= 11 is 6.23. The summed E-state index contributed by atoms with van der Waals surface area (Å²) < 4.78 is 22.0. The number of hydrogen-bond acceptors (Lipinski definition) is 3. The Kier molecular flexibility index (Phi) is 7.09. The van der Waals surface area contributed by atoms with Gasteiger partial charge in [0.05, 0.1) is 5.60 Å². The van der Waals surface area contributed by atoms with Gasteiger partial charge in [-0.05, 0) is 89.4 Å². The number of hydrogen-bond donors (Lipinski definition) is 0. The van der Waals surface area contributed by atoms with Crippen LogP contribution < -0.4 is 0 Å². The van der Waals surface area contributed by atoms with Crippen molar-refractivity contribution in [3.63, 3.8) is 0 Å². The second-order valence-corrected chi connectivity index (χ2v) is 10.8. The number of aryl methyl sites for hydroxylation is 2. The molecule has 2 heterocycles. The molecule has 36 heavy (non-hydrogen) atoms. The average Bonchev–Trinajstić information content (AvgIpc) is 3.02. The Morgan fingerprint density at radius 3 is 2.22 bits per heavy atom. The predicted molar refractivity (Wildman–Crippen MR) is 144 cm³/mol. The van der Waals surface area contributed by atoms with Gasteiger partial charge in [-0.2, -0.15) is 0 Å². The monoisotopic (exact) mass is 506 g/mol. The molecule has 0 radical (unpaired) electrons. The Bertz CT molecular complexity index is 1430. The van der Waals surface area contributed by atoms with Gasteiger partial charge >= 0.3 is 0 Å². The lowest BCUT2D eigenvalue weighted by atomic mass is 9.90. The smallest absolute Gasteiger partial charge is 0.163 e. The van der Waals surface area contributed by atoms with Gasteiger partial charge in [-0.1, -0.05) is 35.9 Å². The number of nitrogens with zero attached hydrogens (tertiary/aromatic N) is 2. The van der Waals surface area contributed by atoms with Gasteiger partial charge in [0.2, 0.25) is 0 Å². The molecule has 4 aromatic rings. The number of pyridine rings is 1. The van der Waals surface area contributed by atoms with Crippen LogP contribution in [0.15, 0.2) is 48.5 Å². The van der Waals surface area contributed by atoms with Gasteiger partial charge in [-0.25, -0.2) is 9.37 Å². The first kappa shape index (κ1) is 26.1. The molecule has 2 aromatic heterocycles. The highest BCUT2D eigenvalue weighted by molar-refractivity contribution is 6.30. The summed E-state index contributed by atoms with van der Waals surface area (Å²) in [6.45, 7) is 14.0. The quantitative estimate of drug-likeness (QED) is 0.267. The Labute approximate surface area is 217 Å². The summed E-state index contributed by atoms with van der Waals surface area (Å²) in [5.41, 5.74) is 6.77. The summed E-state index contributed by atoms with van der Waals surface area (Å²) in [5.74, 6) is -0.341. The van der Waals surface area contributed by atoms with Crippen LogP contribution in [0.25, 0.3) is 22.2 Å². The maximum absolute atomic E-state index is 13.5. The van der Waals surface area contributed by atoms with Crippen LogP contribution >= 0.6 is 11.6 Å². The standard InChI is InChI=1S/C30H32ClFN2O2/c1-17-19(3)34(16-21-8-14-24(32)15-9-21)29-25(17)27(22-10-12-23(31)13-11-22)26(18(2)33-29)28(20(4)35)36-30(5,6)7/h8-15,28H,16H2,1-7H3.